The second-order valence-corrected chi connectivity index (χ2v) is 6.28. The van der Waals surface area contributed by atoms with Gasteiger partial charge >= 0.3 is 0 Å². The summed E-state index contributed by atoms with van der Waals surface area (Å²) < 4.78 is 0. The fraction of sp³-hybridized carbons (Fsp3) is 0.308. The van der Waals surface area contributed by atoms with Gasteiger partial charge in [0.25, 0.3) is 5.91 Å². The van der Waals surface area contributed by atoms with E-state index in [1.807, 2.05) is 35.9 Å². The van der Waals surface area contributed by atoms with Gasteiger partial charge in [-0.2, -0.15) is 0 Å². The Morgan fingerprint density at radius 3 is 2.83 bits per heavy atom. The van der Waals surface area contributed by atoms with Crippen molar-refractivity contribution in [2.24, 2.45) is 0 Å². The maximum absolute atomic E-state index is 11.9. The highest BCUT2D eigenvalue weighted by Gasteiger charge is 2.25. The monoisotopic (exact) mass is 281 g/mol. The highest BCUT2D eigenvalue weighted by Crippen LogP contribution is 2.24. The predicted octanol–water partition coefficient (Wildman–Crippen LogP) is 2.76. The van der Waals surface area contributed by atoms with Crippen LogP contribution in [0.1, 0.15) is 27.0 Å². The van der Waals surface area contributed by atoms with Crippen LogP contribution in [0.25, 0.3) is 0 Å². The van der Waals surface area contributed by atoms with Crippen molar-refractivity contribution in [3.05, 3.63) is 44.3 Å². The average molecular weight is 281 g/mol. The number of thiophene rings is 2. The number of rotatable bonds is 4. The van der Waals surface area contributed by atoms with E-state index in [-0.39, 0.29) is 12.5 Å². The number of aryl methyl sites for hydroxylation is 1. The summed E-state index contributed by atoms with van der Waals surface area (Å²) in [5.41, 5.74) is 0.0611. The molecule has 0 aliphatic rings. The third-order valence-corrected chi connectivity index (χ3v) is 4.77. The number of amides is 1. The maximum Gasteiger partial charge on any atom is 0.261 e. The first-order chi connectivity index (χ1) is 8.49. The number of nitrogens with one attached hydrogen (secondary N) is 1. The molecule has 2 aromatic heterocycles. The molecule has 0 bridgehead atoms. The molecule has 0 aliphatic heterocycles. The molecule has 0 radical (unpaired) electrons. The van der Waals surface area contributed by atoms with Crippen LogP contribution < -0.4 is 5.32 Å². The van der Waals surface area contributed by atoms with Gasteiger partial charge in [-0.25, -0.2) is 0 Å². The fourth-order valence-electron chi connectivity index (χ4n) is 1.56. The fourth-order valence-corrected chi connectivity index (χ4v) is 3.16. The van der Waals surface area contributed by atoms with Crippen LogP contribution in [0, 0.1) is 6.92 Å². The molecule has 96 valence electrons. The van der Waals surface area contributed by atoms with Gasteiger partial charge in [-0.1, -0.05) is 6.07 Å². The van der Waals surface area contributed by atoms with Crippen LogP contribution in [-0.4, -0.2) is 17.6 Å². The lowest BCUT2D eigenvalue weighted by molar-refractivity contribution is 0.0558. The number of hydrogen-bond donors (Lipinski definition) is 2. The Morgan fingerprint density at radius 2 is 2.28 bits per heavy atom. The summed E-state index contributed by atoms with van der Waals surface area (Å²) in [6.07, 6.45) is 0. The van der Waals surface area contributed by atoms with Gasteiger partial charge in [-0.05, 0) is 42.3 Å². The lowest BCUT2D eigenvalue weighted by Crippen LogP contribution is -2.37. The minimum absolute atomic E-state index is 0.134. The summed E-state index contributed by atoms with van der Waals surface area (Å²) in [6, 6.07) is 5.60. The van der Waals surface area contributed by atoms with E-state index in [4.69, 9.17) is 0 Å². The third kappa shape index (κ3) is 2.98. The molecule has 0 aliphatic carbocycles. The molecule has 5 heteroatoms. The molecule has 0 saturated heterocycles. The molecular formula is C13H15NO2S2. The third-order valence-electron chi connectivity index (χ3n) is 2.60. The van der Waals surface area contributed by atoms with Gasteiger partial charge in [0.05, 0.1) is 11.4 Å². The molecule has 1 amide bonds. The summed E-state index contributed by atoms with van der Waals surface area (Å²) >= 11 is 2.90. The number of aliphatic hydroxyl groups is 1. The molecule has 2 rings (SSSR count). The van der Waals surface area contributed by atoms with Gasteiger partial charge < -0.3 is 10.4 Å². The Hall–Kier alpha value is -1.17. The first-order valence-electron chi connectivity index (χ1n) is 5.59. The van der Waals surface area contributed by atoms with Crippen molar-refractivity contribution < 1.29 is 9.90 Å². The lowest BCUT2D eigenvalue weighted by Gasteiger charge is -2.22. The van der Waals surface area contributed by atoms with Gasteiger partial charge in [0.1, 0.15) is 5.60 Å². The molecule has 0 saturated carbocycles. The first kappa shape index (κ1) is 13.3. The lowest BCUT2D eigenvalue weighted by atomic mass is 10.1. The van der Waals surface area contributed by atoms with Crippen LogP contribution >= 0.6 is 22.7 Å². The van der Waals surface area contributed by atoms with Crippen LogP contribution in [0.5, 0.6) is 0 Å². The molecule has 18 heavy (non-hydrogen) atoms. The normalized spacial score (nSPS) is 14.2. The van der Waals surface area contributed by atoms with Gasteiger partial charge in [-0.3, -0.25) is 4.79 Å². The molecule has 2 heterocycles. The van der Waals surface area contributed by atoms with E-state index in [0.717, 1.165) is 10.4 Å². The van der Waals surface area contributed by atoms with Crippen LogP contribution in [0.2, 0.25) is 0 Å². The van der Waals surface area contributed by atoms with Crippen LogP contribution in [0.15, 0.2) is 29.0 Å². The molecule has 2 aromatic rings. The minimum atomic E-state index is -1.02. The smallest absolute Gasteiger partial charge is 0.261 e. The zero-order valence-electron chi connectivity index (χ0n) is 10.3. The zero-order valence-corrected chi connectivity index (χ0v) is 11.9. The second kappa shape index (κ2) is 5.22. The molecule has 3 nitrogen and oxygen atoms in total. The number of hydrogen-bond acceptors (Lipinski definition) is 4. The summed E-state index contributed by atoms with van der Waals surface area (Å²) in [5, 5.41) is 16.9. The summed E-state index contributed by atoms with van der Waals surface area (Å²) in [7, 11) is 0. The maximum atomic E-state index is 11.9. The Labute approximate surface area is 114 Å². The van der Waals surface area contributed by atoms with Crippen molar-refractivity contribution in [2.75, 3.05) is 6.54 Å². The predicted molar refractivity (Wildman–Crippen MR) is 75.3 cm³/mol. The van der Waals surface area contributed by atoms with E-state index < -0.39 is 5.60 Å². The van der Waals surface area contributed by atoms with Crippen molar-refractivity contribution in [3.8, 4) is 0 Å². The number of carbonyl (C=O) groups is 1. The topological polar surface area (TPSA) is 49.3 Å². The zero-order chi connectivity index (χ0) is 13.2. The first-order valence-corrected chi connectivity index (χ1v) is 7.35. The van der Waals surface area contributed by atoms with E-state index in [1.54, 1.807) is 6.92 Å². The average Bonchev–Trinajstić information content (AvgIpc) is 2.96. The summed E-state index contributed by atoms with van der Waals surface area (Å²) in [5.74, 6) is -0.134. The van der Waals surface area contributed by atoms with Crippen LogP contribution in [0.4, 0.5) is 0 Å². The Morgan fingerprint density at radius 1 is 1.50 bits per heavy atom. The van der Waals surface area contributed by atoms with Crippen LogP contribution in [0.3, 0.4) is 0 Å². The SMILES string of the molecule is Cc1csc(C(=O)NC[C@](C)(O)c2cccs2)c1. The van der Waals surface area contributed by atoms with Crippen molar-refractivity contribution >= 4 is 28.6 Å². The van der Waals surface area contributed by atoms with E-state index >= 15 is 0 Å². The Kier molecular flexibility index (Phi) is 3.85. The molecule has 0 spiro atoms. The number of carbonyl (C=O) groups excluding carboxylic acids is 1. The van der Waals surface area contributed by atoms with Crippen molar-refractivity contribution in [1.29, 1.82) is 0 Å². The van der Waals surface area contributed by atoms with E-state index in [1.165, 1.54) is 22.7 Å². The van der Waals surface area contributed by atoms with E-state index in [2.05, 4.69) is 5.32 Å². The highest BCUT2D eigenvalue weighted by atomic mass is 32.1. The van der Waals surface area contributed by atoms with Gasteiger partial charge in [0, 0.05) is 4.88 Å². The van der Waals surface area contributed by atoms with Crippen molar-refractivity contribution in [3.63, 3.8) is 0 Å². The van der Waals surface area contributed by atoms with E-state index in [0.29, 0.717) is 4.88 Å². The molecule has 0 unspecified atom stereocenters. The van der Waals surface area contributed by atoms with Crippen molar-refractivity contribution in [2.45, 2.75) is 19.4 Å². The standard InChI is InChI=1S/C13H15NO2S2/c1-9-6-10(18-7-9)12(15)14-8-13(2,16)11-4-3-5-17-11/h3-7,16H,8H2,1-2H3,(H,14,15)/t13-/m0/s1. The van der Waals surface area contributed by atoms with Crippen molar-refractivity contribution in [1.82, 2.24) is 5.32 Å². The molecule has 2 N–H and O–H groups in total. The minimum Gasteiger partial charge on any atom is -0.383 e. The van der Waals surface area contributed by atoms with Gasteiger partial charge in [0.2, 0.25) is 0 Å². The largest absolute Gasteiger partial charge is 0.383 e. The Balaban J connectivity index is 1.98. The second-order valence-electron chi connectivity index (χ2n) is 4.42. The molecule has 1 atom stereocenters. The van der Waals surface area contributed by atoms with Gasteiger partial charge in [-0.15, -0.1) is 22.7 Å². The molecule has 0 fully saturated rings. The van der Waals surface area contributed by atoms with Gasteiger partial charge in [0.15, 0.2) is 0 Å². The summed E-state index contributed by atoms with van der Waals surface area (Å²) in [6.45, 7) is 3.87. The molecule has 0 aromatic carbocycles. The highest BCUT2D eigenvalue weighted by molar-refractivity contribution is 7.12. The van der Waals surface area contributed by atoms with E-state index in [9.17, 15) is 9.90 Å². The quantitative estimate of drug-likeness (QED) is 0.905. The molecular weight excluding hydrogens is 266 g/mol. The Bertz CT molecular complexity index is 529. The summed E-state index contributed by atoms with van der Waals surface area (Å²) in [4.78, 5) is 13.4. The van der Waals surface area contributed by atoms with Crippen LogP contribution in [-0.2, 0) is 5.60 Å².